The van der Waals surface area contributed by atoms with Crippen LogP contribution in [0.3, 0.4) is 0 Å². The van der Waals surface area contributed by atoms with Crippen LogP contribution in [0, 0.1) is 12.3 Å². The number of hydrogen-bond acceptors (Lipinski definition) is 2. The van der Waals surface area contributed by atoms with Gasteiger partial charge in [-0.05, 0) is 18.2 Å². The number of carboxylic acids is 1. The van der Waals surface area contributed by atoms with Crippen LogP contribution >= 0.6 is 0 Å². The van der Waals surface area contributed by atoms with Crippen LogP contribution in [0.5, 0.6) is 0 Å². The van der Waals surface area contributed by atoms with Crippen molar-refractivity contribution < 1.29 is 14.7 Å². The van der Waals surface area contributed by atoms with Gasteiger partial charge in [0, 0.05) is 11.3 Å². The number of benzene rings is 1. The van der Waals surface area contributed by atoms with Crippen LogP contribution < -0.4 is 10.6 Å². The van der Waals surface area contributed by atoms with Gasteiger partial charge in [-0.2, -0.15) is 0 Å². The van der Waals surface area contributed by atoms with Crippen LogP contribution in [0.4, 0.5) is 10.5 Å². The minimum atomic E-state index is -1.10. The Labute approximate surface area is 92.5 Å². The van der Waals surface area contributed by atoms with Gasteiger partial charge in [0.2, 0.25) is 0 Å². The molecule has 0 spiro atoms. The quantitative estimate of drug-likeness (QED) is 0.659. The molecule has 0 unspecified atom stereocenters. The van der Waals surface area contributed by atoms with E-state index in [4.69, 9.17) is 11.5 Å². The van der Waals surface area contributed by atoms with Crippen molar-refractivity contribution in [1.29, 1.82) is 0 Å². The second kappa shape index (κ2) is 5.41. The average Bonchev–Trinajstić information content (AvgIpc) is 2.26. The third-order valence-corrected chi connectivity index (χ3v) is 1.69. The number of urea groups is 1. The van der Waals surface area contributed by atoms with Crippen molar-refractivity contribution >= 4 is 17.7 Å². The van der Waals surface area contributed by atoms with Crippen LogP contribution in [-0.2, 0) is 4.79 Å². The molecule has 1 rings (SSSR count). The van der Waals surface area contributed by atoms with Gasteiger partial charge < -0.3 is 15.7 Å². The molecule has 5 nitrogen and oxygen atoms in total. The van der Waals surface area contributed by atoms with E-state index in [1.54, 1.807) is 24.3 Å². The van der Waals surface area contributed by atoms with Gasteiger partial charge in [0.1, 0.15) is 6.54 Å². The van der Waals surface area contributed by atoms with Gasteiger partial charge in [-0.15, -0.1) is 6.42 Å². The molecule has 0 radical (unpaired) electrons. The molecule has 16 heavy (non-hydrogen) atoms. The first-order valence-electron chi connectivity index (χ1n) is 4.45. The first-order valence-corrected chi connectivity index (χ1v) is 4.45. The molecule has 0 aliphatic carbocycles. The molecule has 1 aromatic rings. The lowest BCUT2D eigenvalue weighted by Gasteiger charge is -2.05. The Morgan fingerprint density at radius 2 is 2.19 bits per heavy atom. The highest BCUT2D eigenvalue weighted by atomic mass is 16.4. The summed E-state index contributed by atoms with van der Waals surface area (Å²) in [6, 6.07) is 6.10. The summed E-state index contributed by atoms with van der Waals surface area (Å²) >= 11 is 0. The van der Waals surface area contributed by atoms with Crippen LogP contribution in [0.15, 0.2) is 24.3 Å². The number of carboxylic acid groups (broad SMARTS) is 1. The molecule has 0 saturated carbocycles. The highest BCUT2D eigenvalue weighted by Gasteiger charge is 2.03. The first-order chi connectivity index (χ1) is 7.61. The Balaban J connectivity index is 2.56. The predicted octanol–water partition coefficient (Wildman–Crippen LogP) is 0.874. The summed E-state index contributed by atoms with van der Waals surface area (Å²) in [4.78, 5) is 21.4. The lowest BCUT2D eigenvalue weighted by atomic mass is 10.2. The zero-order valence-electron chi connectivity index (χ0n) is 8.36. The molecule has 1 aromatic carbocycles. The minimum absolute atomic E-state index is 0.430. The minimum Gasteiger partial charge on any atom is -0.480 e. The summed E-state index contributed by atoms with van der Waals surface area (Å²) in [5.74, 6) is 1.32. The lowest BCUT2D eigenvalue weighted by Crippen LogP contribution is -2.33. The summed E-state index contributed by atoms with van der Waals surface area (Å²) in [7, 11) is 0. The van der Waals surface area contributed by atoms with Crippen molar-refractivity contribution in [3.63, 3.8) is 0 Å². The van der Waals surface area contributed by atoms with Crippen LogP contribution in [0.1, 0.15) is 5.56 Å². The van der Waals surface area contributed by atoms with E-state index in [9.17, 15) is 9.59 Å². The standard InChI is InChI=1S/C11H10N2O3/c1-2-8-4-3-5-9(6-8)13-11(16)12-7-10(14)15/h1,3-6H,7H2,(H,14,15)(H2,12,13,16). The number of aliphatic carboxylic acids is 1. The molecule has 5 heteroatoms. The Hall–Kier alpha value is -2.48. The molecule has 0 aliphatic heterocycles. The van der Waals surface area contributed by atoms with Crippen molar-refractivity contribution in [2.24, 2.45) is 0 Å². The lowest BCUT2D eigenvalue weighted by molar-refractivity contribution is -0.135. The molecule has 3 N–H and O–H groups in total. The van der Waals surface area contributed by atoms with Crippen molar-refractivity contribution in [1.82, 2.24) is 5.32 Å². The zero-order valence-corrected chi connectivity index (χ0v) is 8.36. The van der Waals surface area contributed by atoms with Gasteiger partial charge in [0.05, 0.1) is 0 Å². The number of carbonyl (C=O) groups excluding carboxylic acids is 1. The Bertz CT molecular complexity index is 449. The molecule has 0 fully saturated rings. The highest BCUT2D eigenvalue weighted by Crippen LogP contribution is 2.09. The Morgan fingerprint density at radius 1 is 1.44 bits per heavy atom. The maximum atomic E-state index is 11.2. The van der Waals surface area contributed by atoms with Gasteiger partial charge in [-0.3, -0.25) is 4.79 Å². The van der Waals surface area contributed by atoms with E-state index in [1.807, 2.05) is 0 Å². The molecular weight excluding hydrogens is 208 g/mol. The molecule has 0 atom stereocenters. The number of amides is 2. The molecule has 0 bridgehead atoms. The van der Waals surface area contributed by atoms with E-state index in [0.29, 0.717) is 11.3 Å². The molecule has 2 amide bonds. The van der Waals surface area contributed by atoms with E-state index in [1.165, 1.54) is 0 Å². The van der Waals surface area contributed by atoms with Crippen molar-refractivity contribution in [2.75, 3.05) is 11.9 Å². The third kappa shape index (κ3) is 3.72. The number of nitrogens with one attached hydrogen (secondary N) is 2. The summed E-state index contributed by atoms with van der Waals surface area (Å²) in [5, 5.41) is 13.0. The van der Waals surface area contributed by atoms with Gasteiger partial charge in [-0.25, -0.2) is 4.79 Å². The average molecular weight is 218 g/mol. The van der Waals surface area contributed by atoms with Crippen LogP contribution in [0.2, 0.25) is 0 Å². The van der Waals surface area contributed by atoms with Crippen molar-refractivity contribution in [2.45, 2.75) is 0 Å². The zero-order chi connectivity index (χ0) is 12.0. The molecule has 82 valence electrons. The molecular formula is C11H10N2O3. The predicted molar refractivity (Wildman–Crippen MR) is 59.0 cm³/mol. The maximum absolute atomic E-state index is 11.2. The first kappa shape index (κ1) is 11.6. The van der Waals surface area contributed by atoms with Gasteiger partial charge >= 0.3 is 12.0 Å². The summed E-state index contributed by atoms with van der Waals surface area (Å²) in [6.07, 6.45) is 5.19. The second-order valence-electron chi connectivity index (χ2n) is 2.93. The van der Waals surface area contributed by atoms with Crippen molar-refractivity contribution in [3.05, 3.63) is 29.8 Å². The highest BCUT2D eigenvalue weighted by molar-refractivity contribution is 5.91. The normalized spacial score (nSPS) is 8.94. The topological polar surface area (TPSA) is 78.4 Å². The summed E-state index contributed by atoms with van der Waals surface area (Å²) in [5.41, 5.74) is 1.15. The van der Waals surface area contributed by atoms with E-state index in [-0.39, 0.29) is 0 Å². The monoisotopic (exact) mass is 218 g/mol. The number of terminal acetylenes is 1. The maximum Gasteiger partial charge on any atom is 0.323 e. The van der Waals surface area contributed by atoms with Gasteiger partial charge in [0.25, 0.3) is 0 Å². The summed E-state index contributed by atoms with van der Waals surface area (Å²) in [6.45, 7) is -0.430. The fourth-order valence-corrected chi connectivity index (χ4v) is 1.02. The van der Waals surface area contributed by atoms with E-state index < -0.39 is 18.5 Å². The van der Waals surface area contributed by atoms with E-state index in [2.05, 4.69) is 16.6 Å². The number of anilines is 1. The van der Waals surface area contributed by atoms with Crippen molar-refractivity contribution in [3.8, 4) is 12.3 Å². The Kier molecular flexibility index (Phi) is 3.92. The third-order valence-electron chi connectivity index (χ3n) is 1.69. The van der Waals surface area contributed by atoms with Gasteiger partial charge in [-0.1, -0.05) is 12.0 Å². The molecule has 0 aliphatic rings. The van der Waals surface area contributed by atoms with Gasteiger partial charge in [0.15, 0.2) is 0 Å². The number of rotatable bonds is 3. The summed E-state index contributed by atoms with van der Waals surface area (Å²) < 4.78 is 0. The fourth-order valence-electron chi connectivity index (χ4n) is 1.02. The van der Waals surface area contributed by atoms with E-state index in [0.717, 1.165) is 0 Å². The smallest absolute Gasteiger partial charge is 0.323 e. The number of hydrogen-bond donors (Lipinski definition) is 3. The Morgan fingerprint density at radius 3 is 2.81 bits per heavy atom. The largest absolute Gasteiger partial charge is 0.480 e. The SMILES string of the molecule is C#Cc1cccc(NC(=O)NCC(=O)O)c1. The van der Waals surface area contributed by atoms with Crippen LogP contribution in [0.25, 0.3) is 0 Å². The molecule has 0 aromatic heterocycles. The second-order valence-corrected chi connectivity index (χ2v) is 2.93. The van der Waals surface area contributed by atoms with Crippen LogP contribution in [-0.4, -0.2) is 23.7 Å². The molecule has 0 saturated heterocycles. The number of carbonyl (C=O) groups is 2. The fraction of sp³-hybridized carbons (Fsp3) is 0.0909. The molecule has 0 heterocycles. The van der Waals surface area contributed by atoms with E-state index >= 15 is 0 Å².